The Hall–Kier alpha value is -3.14. The van der Waals surface area contributed by atoms with Crippen molar-refractivity contribution in [2.24, 2.45) is 0 Å². The molecule has 10 nitrogen and oxygen atoms in total. The fraction of sp³-hybridized carbons (Fsp3) is 0.652. The van der Waals surface area contributed by atoms with Crippen LogP contribution in [0.2, 0.25) is 0 Å². The Balaban J connectivity index is 0.000000216. The van der Waals surface area contributed by atoms with E-state index < -0.39 is 25.2 Å². The highest BCUT2D eigenvalue weighted by molar-refractivity contribution is 5.45. The Morgan fingerprint density at radius 1 is 0.821 bits per heavy atom. The summed E-state index contributed by atoms with van der Waals surface area (Å²) in [4.78, 5) is 19.9. The highest BCUT2D eigenvalue weighted by Crippen LogP contribution is 2.25. The van der Waals surface area contributed by atoms with Gasteiger partial charge in [-0.1, -0.05) is 0 Å². The quantitative estimate of drug-likeness (QED) is 0.371. The van der Waals surface area contributed by atoms with Gasteiger partial charge in [0.25, 0.3) is 0 Å². The molecular weight excluding hydrogens is 530 g/mol. The monoisotopic (exact) mass is 564 g/mol. The van der Waals surface area contributed by atoms with Crippen LogP contribution in [0.15, 0.2) is 12.1 Å². The van der Waals surface area contributed by atoms with Gasteiger partial charge in [0.1, 0.15) is 11.6 Å². The van der Waals surface area contributed by atoms with Crippen molar-refractivity contribution in [2.75, 3.05) is 67.6 Å². The zero-order chi connectivity index (χ0) is 28.6. The van der Waals surface area contributed by atoms with Gasteiger partial charge in [-0.15, -0.1) is 0 Å². The summed E-state index contributed by atoms with van der Waals surface area (Å²) in [6.07, 6.45) is -9.55. The number of rotatable bonds is 7. The summed E-state index contributed by atoms with van der Waals surface area (Å²) >= 11 is 0. The summed E-state index contributed by atoms with van der Waals surface area (Å²) in [5.74, 6) is 1.25. The van der Waals surface area contributed by atoms with Gasteiger partial charge in [0.2, 0.25) is 11.9 Å². The molecule has 1 atom stereocenters. The van der Waals surface area contributed by atoms with Gasteiger partial charge >= 0.3 is 12.4 Å². The Morgan fingerprint density at radius 3 is 1.74 bits per heavy atom. The Labute approximate surface area is 222 Å². The summed E-state index contributed by atoms with van der Waals surface area (Å²) in [5, 5.41) is 6.37. The molecule has 218 valence electrons. The van der Waals surface area contributed by atoms with E-state index in [9.17, 15) is 26.3 Å². The van der Waals surface area contributed by atoms with Crippen LogP contribution in [0.3, 0.4) is 0 Å². The molecule has 2 aliphatic heterocycles. The topological polar surface area (TPSA) is 134 Å². The molecule has 2 aliphatic rings. The number of aromatic nitrogens is 4. The lowest BCUT2D eigenvalue weighted by Gasteiger charge is -2.28. The molecule has 4 heterocycles. The van der Waals surface area contributed by atoms with Gasteiger partial charge < -0.3 is 31.9 Å². The smallest absolute Gasteiger partial charge is 0.368 e. The van der Waals surface area contributed by atoms with E-state index in [4.69, 9.17) is 11.5 Å². The maximum absolute atomic E-state index is 12.2. The first-order chi connectivity index (χ1) is 18.3. The number of nitrogens with one attached hydrogen (secondary N) is 2. The summed E-state index contributed by atoms with van der Waals surface area (Å²) < 4.78 is 73.4. The normalized spacial score (nSPS) is 18.2. The Bertz CT molecular complexity index is 1060. The number of hydrogen-bond donors (Lipinski definition) is 4. The third-order valence-electron chi connectivity index (χ3n) is 6.26. The third kappa shape index (κ3) is 10.5. The summed E-state index contributed by atoms with van der Waals surface area (Å²) in [5.41, 5.74) is 11.8. The number of nitrogen functional groups attached to an aromatic ring is 2. The summed E-state index contributed by atoms with van der Waals surface area (Å²) in [6, 6.07) is 3.55. The second kappa shape index (κ2) is 13.3. The van der Waals surface area contributed by atoms with E-state index >= 15 is 0 Å². The SMILES string of the molecule is CN[C@@H]1CCN(c2cc(CCC(F)(F)F)nc(N)n2)C1.Nc1nc(CCC(F)(F)F)cc(N2CCNCC2)n1. The molecule has 6 N–H and O–H groups in total. The lowest BCUT2D eigenvalue weighted by Crippen LogP contribution is -2.44. The molecule has 2 fully saturated rings. The molecule has 0 spiro atoms. The van der Waals surface area contributed by atoms with Crippen LogP contribution in [-0.4, -0.2) is 84.6 Å². The molecule has 0 bridgehead atoms. The molecule has 2 saturated heterocycles. The number of aryl methyl sites for hydroxylation is 2. The molecule has 16 heteroatoms. The van der Waals surface area contributed by atoms with Crippen LogP contribution in [0, 0.1) is 0 Å². The first kappa shape index (κ1) is 30.4. The zero-order valence-electron chi connectivity index (χ0n) is 21.6. The van der Waals surface area contributed by atoms with E-state index in [1.165, 1.54) is 0 Å². The molecule has 0 aromatic carbocycles. The van der Waals surface area contributed by atoms with Crippen LogP contribution in [-0.2, 0) is 12.8 Å². The van der Waals surface area contributed by atoms with Crippen molar-refractivity contribution >= 4 is 23.5 Å². The van der Waals surface area contributed by atoms with Crippen LogP contribution in [0.1, 0.15) is 30.7 Å². The van der Waals surface area contributed by atoms with Gasteiger partial charge in [0.05, 0.1) is 0 Å². The lowest BCUT2D eigenvalue weighted by molar-refractivity contribution is -0.135. The number of piperazine rings is 1. The number of nitrogens with two attached hydrogens (primary N) is 2. The van der Waals surface area contributed by atoms with Gasteiger partial charge in [0, 0.05) is 81.7 Å². The molecule has 4 rings (SSSR count). The number of halogens is 6. The van der Waals surface area contributed by atoms with Crippen LogP contribution in [0.25, 0.3) is 0 Å². The molecule has 0 radical (unpaired) electrons. The minimum atomic E-state index is -4.19. The largest absolute Gasteiger partial charge is 0.389 e. The number of hydrogen-bond acceptors (Lipinski definition) is 10. The van der Waals surface area contributed by atoms with Crippen molar-refractivity contribution in [3.63, 3.8) is 0 Å². The van der Waals surface area contributed by atoms with Gasteiger partial charge in [-0.05, 0) is 26.3 Å². The second-order valence-corrected chi connectivity index (χ2v) is 9.34. The van der Waals surface area contributed by atoms with Crippen LogP contribution in [0.5, 0.6) is 0 Å². The standard InChI is InChI=1S/C12H18F3N5.C11H16F3N5/c1-17-9-3-5-20(7-9)10-6-8(18-11(16)19-10)2-4-12(13,14)15;12-11(13,14)2-1-8-7-9(18-10(15)17-8)19-5-3-16-4-6-19/h6,9,17H,2-5,7H2,1H3,(H2,16,18,19);7,16H,1-6H2,(H2,15,17,18)/t9-;/m1./s1. The first-order valence-electron chi connectivity index (χ1n) is 12.6. The van der Waals surface area contributed by atoms with Crippen molar-refractivity contribution in [1.82, 2.24) is 30.6 Å². The summed E-state index contributed by atoms with van der Waals surface area (Å²) in [7, 11) is 1.89. The lowest BCUT2D eigenvalue weighted by atomic mass is 10.2. The highest BCUT2D eigenvalue weighted by Gasteiger charge is 2.28. The van der Waals surface area contributed by atoms with Crippen molar-refractivity contribution in [3.05, 3.63) is 23.5 Å². The van der Waals surface area contributed by atoms with Gasteiger partial charge in [-0.25, -0.2) is 9.97 Å². The van der Waals surface area contributed by atoms with Crippen molar-refractivity contribution in [1.29, 1.82) is 0 Å². The minimum Gasteiger partial charge on any atom is -0.368 e. The Kier molecular flexibility index (Phi) is 10.4. The summed E-state index contributed by atoms with van der Waals surface area (Å²) in [6.45, 7) is 4.74. The van der Waals surface area contributed by atoms with E-state index in [1.54, 1.807) is 12.1 Å². The predicted molar refractivity (Wildman–Crippen MR) is 136 cm³/mol. The number of alkyl halides is 6. The van der Waals surface area contributed by atoms with Crippen LogP contribution in [0.4, 0.5) is 49.9 Å². The molecule has 2 aromatic rings. The zero-order valence-corrected chi connectivity index (χ0v) is 21.6. The number of anilines is 4. The first-order valence-corrected chi connectivity index (χ1v) is 12.6. The highest BCUT2D eigenvalue weighted by atomic mass is 19.4. The van der Waals surface area contributed by atoms with E-state index in [0.29, 0.717) is 29.1 Å². The Morgan fingerprint density at radius 2 is 1.31 bits per heavy atom. The van der Waals surface area contributed by atoms with Crippen molar-refractivity contribution in [3.8, 4) is 0 Å². The van der Waals surface area contributed by atoms with E-state index in [2.05, 4.69) is 30.6 Å². The van der Waals surface area contributed by atoms with E-state index in [-0.39, 0.29) is 24.7 Å². The number of nitrogens with zero attached hydrogens (tertiary/aromatic N) is 6. The molecule has 0 amide bonds. The molecule has 0 aliphatic carbocycles. The fourth-order valence-electron chi connectivity index (χ4n) is 4.22. The van der Waals surface area contributed by atoms with Crippen molar-refractivity contribution in [2.45, 2.75) is 50.5 Å². The fourth-order valence-corrected chi connectivity index (χ4v) is 4.22. The van der Waals surface area contributed by atoms with Crippen LogP contribution >= 0.6 is 0 Å². The van der Waals surface area contributed by atoms with E-state index in [0.717, 1.165) is 45.7 Å². The second-order valence-electron chi connectivity index (χ2n) is 9.34. The molecule has 0 saturated carbocycles. The van der Waals surface area contributed by atoms with Gasteiger partial charge in [-0.2, -0.15) is 36.3 Å². The molecule has 39 heavy (non-hydrogen) atoms. The molecule has 2 aromatic heterocycles. The average Bonchev–Trinajstić information content (AvgIpc) is 3.35. The minimum absolute atomic E-state index is 0.0209. The molecule has 0 unspecified atom stereocenters. The van der Waals surface area contributed by atoms with Gasteiger partial charge in [-0.3, -0.25) is 0 Å². The maximum Gasteiger partial charge on any atom is 0.389 e. The molecular formula is C23H34F6N10. The van der Waals surface area contributed by atoms with Crippen LogP contribution < -0.4 is 31.9 Å². The van der Waals surface area contributed by atoms with Gasteiger partial charge in [0.15, 0.2) is 0 Å². The van der Waals surface area contributed by atoms with E-state index in [1.807, 2.05) is 16.8 Å². The van der Waals surface area contributed by atoms with Crippen molar-refractivity contribution < 1.29 is 26.3 Å². The average molecular weight is 565 g/mol. The maximum atomic E-state index is 12.2. The third-order valence-corrected chi connectivity index (χ3v) is 6.26. The number of likely N-dealkylation sites (N-methyl/N-ethyl adjacent to an activating group) is 1. The predicted octanol–water partition coefficient (Wildman–Crippen LogP) is 2.32.